The standard InChI is InChI=1S/C25H31N5O/c1-6-13-30-16-21(20(5)29-30)15-26-25(27-23-12-11-17(2)14-19(23)4)28-24(31)22-10-8-7-9-18(22)3/h7-12,14,16H,6,13,15H2,1-5H3,(H2,26,27,28,31). The Morgan fingerprint density at radius 1 is 1.06 bits per heavy atom. The second-order valence-corrected chi connectivity index (χ2v) is 7.88. The Balaban J connectivity index is 1.87. The molecule has 3 rings (SSSR count). The fourth-order valence-corrected chi connectivity index (χ4v) is 3.42. The van der Waals surface area contributed by atoms with Crippen molar-refractivity contribution in [2.45, 2.75) is 54.1 Å². The minimum atomic E-state index is -0.187. The average molecular weight is 418 g/mol. The van der Waals surface area contributed by atoms with Gasteiger partial charge in [-0.15, -0.1) is 0 Å². The predicted molar refractivity (Wildman–Crippen MR) is 127 cm³/mol. The molecule has 0 aliphatic carbocycles. The summed E-state index contributed by atoms with van der Waals surface area (Å²) in [4.78, 5) is 17.6. The van der Waals surface area contributed by atoms with Crippen LogP contribution in [-0.2, 0) is 13.1 Å². The molecule has 0 aliphatic heterocycles. The highest BCUT2D eigenvalue weighted by molar-refractivity contribution is 6.10. The molecule has 0 radical (unpaired) electrons. The van der Waals surface area contributed by atoms with E-state index in [2.05, 4.69) is 35.6 Å². The molecule has 1 amide bonds. The summed E-state index contributed by atoms with van der Waals surface area (Å²) < 4.78 is 1.95. The molecule has 0 unspecified atom stereocenters. The van der Waals surface area contributed by atoms with Crippen LogP contribution in [0.2, 0.25) is 0 Å². The number of hydrogen-bond acceptors (Lipinski definition) is 3. The molecule has 0 saturated carbocycles. The minimum absolute atomic E-state index is 0.187. The molecule has 162 valence electrons. The van der Waals surface area contributed by atoms with Crippen molar-refractivity contribution in [1.82, 2.24) is 15.1 Å². The molecule has 0 atom stereocenters. The average Bonchev–Trinajstić information content (AvgIpc) is 3.07. The Labute approximate surface area is 184 Å². The number of rotatable bonds is 6. The fourth-order valence-electron chi connectivity index (χ4n) is 3.42. The van der Waals surface area contributed by atoms with Gasteiger partial charge in [0.2, 0.25) is 5.96 Å². The van der Waals surface area contributed by atoms with Gasteiger partial charge in [-0.25, -0.2) is 4.99 Å². The first-order valence-corrected chi connectivity index (χ1v) is 10.7. The number of carbonyl (C=O) groups is 1. The predicted octanol–water partition coefficient (Wildman–Crippen LogP) is 4.92. The van der Waals surface area contributed by atoms with Gasteiger partial charge in [-0.2, -0.15) is 5.10 Å². The zero-order chi connectivity index (χ0) is 22.4. The molecule has 0 aliphatic rings. The SMILES string of the molecule is CCCn1cc(CN=C(NC(=O)c2ccccc2C)Nc2ccc(C)cc2C)c(C)n1. The molecule has 1 aromatic heterocycles. The summed E-state index contributed by atoms with van der Waals surface area (Å²) in [7, 11) is 0. The van der Waals surface area contributed by atoms with Crippen LogP contribution in [0.4, 0.5) is 5.69 Å². The number of hydrogen-bond donors (Lipinski definition) is 2. The monoisotopic (exact) mass is 417 g/mol. The number of aromatic nitrogens is 2. The van der Waals surface area contributed by atoms with Crippen molar-refractivity contribution in [2.75, 3.05) is 5.32 Å². The topological polar surface area (TPSA) is 71.3 Å². The van der Waals surface area contributed by atoms with E-state index in [1.807, 2.05) is 68.0 Å². The van der Waals surface area contributed by atoms with Gasteiger partial charge >= 0.3 is 0 Å². The molecule has 2 N–H and O–H groups in total. The van der Waals surface area contributed by atoms with E-state index in [4.69, 9.17) is 4.99 Å². The highest BCUT2D eigenvalue weighted by Crippen LogP contribution is 2.16. The van der Waals surface area contributed by atoms with Crippen molar-refractivity contribution in [3.05, 3.63) is 82.2 Å². The van der Waals surface area contributed by atoms with E-state index in [0.717, 1.165) is 41.0 Å². The third-order valence-corrected chi connectivity index (χ3v) is 5.16. The van der Waals surface area contributed by atoms with Crippen LogP contribution >= 0.6 is 0 Å². The van der Waals surface area contributed by atoms with E-state index in [9.17, 15) is 4.79 Å². The van der Waals surface area contributed by atoms with Gasteiger partial charge in [0, 0.05) is 29.6 Å². The van der Waals surface area contributed by atoms with Crippen molar-refractivity contribution in [3.8, 4) is 0 Å². The van der Waals surface area contributed by atoms with Gasteiger partial charge in [0.05, 0.1) is 12.2 Å². The first-order valence-electron chi connectivity index (χ1n) is 10.7. The maximum atomic E-state index is 12.9. The molecule has 6 heteroatoms. The lowest BCUT2D eigenvalue weighted by Crippen LogP contribution is -2.36. The van der Waals surface area contributed by atoms with Gasteiger partial charge in [-0.1, -0.05) is 42.8 Å². The van der Waals surface area contributed by atoms with Crippen LogP contribution in [0.5, 0.6) is 0 Å². The van der Waals surface area contributed by atoms with Crippen molar-refractivity contribution in [3.63, 3.8) is 0 Å². The van der Waals surface area contributed by atoms with Gasteiger partial charge in [0.1, 0.15) is 0 Å². The van der Waals surface area contributed by atoms with E-state index in [-0.39, 0.29) is 5.91 Å². The van der Waals surface area contributed by atoms with Gasteiger partial charge in [0.25, 0.3) is 5.91 Å². The Morgan fingerprint density at radius 2 is 1.84 bits per heavy atom. The maximum absolute atomic E-state index is 12.9. The molecule has 0 bridgehead atoms. The van der Waals surface area contributed by atoms with Gasteiger partial charge in [-0.05, 0) is 57.4 Å². The van der Waals surface area contributed by atoms with Crippen LogP contribution < -0.4 is 10.6 Å². The smallest absolute Gasteiger partial charge is 0.258 e. The van der Waals surface area contributed by atoms with Gasteiger partial charge in [0.15, 0.2) is 0 Å². The molecule has 6 nitrogen and oxygen atoms in total. The number of anilines is 1. The summed E-state index contributed by atoms with van der Waals surface area (Å²) in [6, 6.07) is 13.7. The number of carbonyl (C=O) groups excluding carboxylic acids is 1. The van der Waals surface area contributed by atoms with E-state index >= 15 is 0 Å². The Bertz CT molecular complexity index is 1100. The Kier molecular flexibility index (Phi) is 7.23. The van der Waals surface area contributed by atoms with Crippen LogP contribution in [0.3, 0.4) is 0 Å². The summed E-state index contributed by atoms with van der Waals surface area (Å²) in [5, 5.41) is 10.8. The van der Waals surface area contributed by atoms with Crippen LogP contribution in [0.25, 0.3) is 0 Å². The zero-order valence-electron chi connectivity index (χ0n) is 19.0. The lowest BCUT2D eigenvalue weighted by molar-refractivity contribution is 0.0976. The molecule has 0 saturated heterocycles. The summed E-state index contributed by atoms with van der Waals surface area (Å²) in [6.07, 6.45) is 3.05. The third kappa shape index (κ3) is 5.81. The number of nitrogens with one attached hydrogen (secondary N) is 2. The van der Waals surface area contributed by atoms with E-state index in [0.29, 0.717) is 18.1 Å². The van der Waals surface area contributed by atoms with Crippen molar-refractivity contribution in [1.29, 1.82) is 0 Å². The normalized spacial score (nSPS) is 11.5. The Hall–Kier alpha value is -3.41. The van der Waals surface area contributed by atoms with Crippen LogP contribution in [0, 0.1) is 27.7 Å². The number of guanidine groups is 1. The number of aryl methyl sites for hydroxylation is 5. The summed E-state index contributed by atoms with van der Waals surface area (Å²) >= 11 is 0. The van der Waals surface area contributed by atoms with Crippen molar-refractivity contribution in [2.24, 2.45) is 4.99 Å². The van der Waals surface area contributed by atoms with Gasteiger partial charge < -0.3 is 5.32 Å². The molecule has 31 heavy (non-hydrogen) atoms. The summed E-state index contributed by atoms with van der Waals surface area (Å²) in [5.74, 6) is 0.232. The second-order valence-electron chi connectivity index (χ2n) is 7.88. The fraction of sp³-hybridized carbons (Fsp3) is 0.320. The second kappa shape index (κ2) is 10.1. The largest absolute Gasteiger partial charge is 0.326 e. The molecular formula is C25H31N5O. The maximum Gasteiger partial charge on any atom is 0.258 e. The van der Waals surface area contributed by atoms with E-state index in [1.54, 1.807) is 0 Å². The first kappa shape index (κ1) is 22.3. The van der Waals surface area contributed by atoms with Crippen LogP contribution in [-0.4, -0.2) is 21.6 Å². The van der Waals surface area contributed by atoms with Crippen molar-refractivity contribution >= 4 is 17.6 Å². The lowest BCUT2D eigenvalue weighted by Gasteiger charge is -2.15. The van der Waals surface area contributed by atoms with E-state index in [1.165, 1.54) is 5.56 Å². The molecule has 0 spiro atoms. The van der Waals surface area contributed by atoms with Gasteiger partial charge in [-0.3, -0.25) is 14.8 Å². The zero-order valence-corrected chi connectivity index (χ0v) is 19.0. The number of nitrogens with zero attached hydrogens (tertiary/aromatic N) is 3. The van der Waals surface area contributed by atoms with Crippen LogP contribution in [0.1, 0.15) is 51.7 Å². The van der Waals surface area contributed by atoms with Crippen molar-refractivity contribution < 1.29 is 4.79 Å². The lowest BCUT2D eigenvalue weighted by atomic mass is 10.1. The first-order chi connectivity index (χ1) is 14.9. The quantitative estimate of drug-likeness (QED) is 0.441. The van der Waals surface area contributed by atoms with Crippen LogP contribution in [0.15, 0.2) is 53.7 Å². The number of amides is 1. The number of aliphatic imine (C=N–C) groups is 1. The molecule has 3 aromatic rings. The molecule has 1 heterocycles. The number of benzene rings is 2. The third-order valence-electron chi connectivity index (χ3n) is 5.16. The van der Waals surface area contributed by atoms with E-state index < -0.39 is 0 Å². The minimum Gasteiger partial charge on any atom is -0.326 e. The molecule has 0 fully saturated rings. The highest BCUT2D eigenvalue weighted by atomic mass is 16.1. The summed E-state index contributed by atoms with van der Waals surface area (Å²) in [6.45, 7) is 11.4. The Morgan fingerprint density at radius 3 is 2.55 bits per heavy atom. The molecular weight excluding hydrogens is 386 g/mol. The summed E-state index contributed by atoms with van der Waals surface area (Å²) in [5.41, 5.74) is 6.72. The highest BCUT2D eigenvalue weighted by Gasteiger charge is 2.13. The molecule has 2 aromatic carbocycles.